The molecular formula is C37H62N4O4. The Labute approximate surface area is 272 Å². The number of nitrogens with zero attached hydrogens (tertiary/aromatic N) is 1. The molecule has 2 fully saturated rings. The Morgan fingerprint density at radius 3 is 2.16 bits per heavy atom. The number of carbonyl (C=O) groups excluding carboxylic acids is 3. The molecule has 0 aromatic heterocycles. The van der Waals surface area contributed by atoms with Crippen LogP contribution in [0.2, 0.25) is 0 Å². The second kappa shape index (κ2) is 15.5. The summed E-state index contributed by atoms with van der Waals surface area (Å²) < 4.78 is 0. The third-order valence-corrected chi connectivity index (χ3v) is 9.40. The Bertz CT molecular complexity index is 1120. The molecule has 3 rings (SSSR count). The summed E-state index contributed by atoms with van der Waals surface area (Å²) in [6.07, 6.45) is 5.34. The number of amides is 2. The van der Waals surface area contributed by atoms with Gasteiger partial charge in [0.05, 0.1) is 24.2 Å². The van der Waals surface area contributed by atoms with E-state index in [2.05, 4.69) is 41.6 Å². The molecule has 0 bridgehead atoms. The zero-order valence-corrected chi connectivity index (χ0v) is 29.5. The van der Waals surface area contributed by atoms with Gasteiger partial charge in [0.1, 0.15) is 5.78 Å². The Hall–Kier alpha value is -2.29. The normalized spacial score (nSPS) is 23.4. The number of ketones is 1. The summed E-state index contributed by atoms with van der Waals surface area (Å²) in [6, 6.07) is 8.37. The molecule has 45 heavy (non-hydrogen) atoms. The van der Waals surface area contributed by atoms with E-state index in [1.807, 2.05) is 65.0 Å². The van der Waals surface area contributed by atoms with Crippen LogP contribution >= 0.6 is 0 Å². The summed E-state index contributed by atoms with van der Waals surface area (Å²) in [5.74, 6) is 0.867. The number of aliphatic hydroxyl groups excluding tert-OH is 1. The molecule has 1 aliphatic heterocycles. The van der Waals surface area contributed by atoms with Gasteiger partial charge >= 0.3 is 0 Å². The molecule has 1 aromatic carbocycles. The highest BCUT2D eigenvalue weighted by Crippen LogP contribution is 2.39. The van der Waals surface area contributed by atoms with Crippen LogP contribution in [0, 0.1) is 22.7 Å². The number of hydrogen-bond acceptors (Lipinski definition) is 6. The van der Waals surface area contributed by atoms with Gasteiger partial charge in [-0.25, -0.2) is 0 Å². The van der Waals surface area contributed by atoms with Crippen molar-refractivity contribution < 1.29 is 19.5 Å². The lowest BCUT2D eigenvalue weighted by molar-refractivity contribution is -0.134. The van der Waals surface area contributed by atoms with Crippen LogP contribution in [0.1, 0.15) is 106 Å². The van der Waals surface area contributed by atoms with Gasteiger partial charge in [0.2, 0.25) is 11.8 Å². The smallest absolute Gasteiger partial charge is 0.238 e. The number of Topliss-reactive ketones (excluding diaryl/α,β-unsaturated/α-hetero) is 1. The molecule has 2 aliphatic rings. The van der Waals surface area contributed by atoms with Crippen molar-refractivity contribution in [2.75, 3.05) is 19.6 Å². The first-order valence-corrected chi connectivity index (χ1v) is 17.2. The van der Waals surface area contributed by atoms with Crippen LogP contribution in [0.3, 0.4) is 0 Å². The van der Waals surface area contributed by atoms with E-state index >= 15 is 0 Å². The number of fused-ring (bicyclic) bond motifs is 1. The second-order valence-electron chi connectivity index (χ2n) is 16.9. The molecule has 4 N–H and O–H groups in total. The number of likely N-dealkylation sites (tertiary alicyclic amines) is 1. The predicted molar refractivity (Wildman–Crippen MR) is 182 cm³/mol. The molecule has 2 unspecified atom stereocenters. The van der Waals surface area contributed by atoms with Crippen molar-refractivity contribution in [3.05, 3.63) is 35.9 Å². The van der Waals surface area contributed by atoms with Gasteiger partial charge in [-0.2, -0.15) is 0 Å². The van der Waals surface area contributed by atoms with Crippen molar-refractivity contribution >= 4 is 17.6 Å². The van der Waals surface area contributed by atoms with Gasteiger partial charge in [-0.15, -0.1) is 0 Å². The van der Waals surface area contributed by atoms with Gasteiger partial charge < -0.3 is 25.9 Å². The Kier molecular flexibility index (Phi) is 12.8. The minimum atomic E-state index is -0.904. The minimum Gasteiger partial charge on any atom is -0.390 e. The lowest BCUT2D eigenvalue weighted by Crippen LogP contribution is -2.62. The molecule has 2 amide bonds. The van der Waals surface area contributed by atoms with E-state index in [4.69, 9.17) is 0 Å². The third kappa shape index (κ3) is 11.8. The average molecular weight is 627 g/mol. The number of piperidine rings is 1. The number of nitrogens with one attached hydrogen (secondary N) is 3. The van der Waals surface area contributed by atoms with Gasteiger partial charge in [0, 0.05) is 31.6 Å². The molecule has 1 saturated carbocycles. The number of rotatable bonds is 13. The molecular weight excluding hydrogens is 564 g/mol. The largest absolute Gasteiger partial charge is 0.390 e. The monoisotopic (exact) mass is 626 g/mol. The maximum atomic E-state index is 14.1. The van der Waals surface area contributed by atoms with Crippen LogP contribution in [0.25, 0.3) is 0 Å². The maximum absolute atomic E-state index is 14.1. The summed E-state index contributed by atoms with van der Waals surface area (Å²) in [4.78, 5) is 42.1. The predicted octanol–water partition coefficient (Wildman–Crippen LogP) is 4.88. The van der Waals surface area contributed by atoms with Crippen LogP contribution in [-0.2, 0) is 20.8 Å². The van der Waals surface area contributed by atoms with Crippen molar-refractivity contribution in [3.63, 3.8) is 0 Å². The quantitative estimate of drug-likeness (QED) is 0.249. The van der Waals surface area contributed by atoms with Crippen LogP contribution in [0.5, 0.6) is 0 Å². The van der Waals surface area contributed by atoms with Crippen molar-refractivity contribution in [2.45, 2.75) is 137 Å². The van der Waals surface area contributed by atoms with Crippen molar-refractivity contribution in [1.29, 1.82) is 0 Å². The molecule has 254 valence electrons. The van der Waals surface area contributed by atoms with Gasteiger partial charge in [-0.3, -0.25) is 14.5 Å². The summed E-state index contributed by atoms with van der Waals surface area (Å²) in [5.41, 5.74) is -0.0440. The molecule has 8 nitrogen and oxygen atoms in total. The first-order chi connectivity index (χ1) is 20.8. The Morgan fingerprint density at radius 2 is 1.58 bits per heavy atom. The Morgan fingerprint density at radius 1 is 0.956 bits per heavy atom. The summed E-state index contributed by atoms with van der Waals surface area (Å²) in [7, 11) is 0. The number of carbonyl (C=O) groups is 3. The standard InChI is InChI=1S/C37H62N4O4/c1-25(42)21-37(8,9)32(38-24-35(2,3)4)34(45)39-29(19-26-15-11-10-12-16-26)31(43)23-41-22-28-18-14-13-17-27(28)20-30(41)33(44)40-36(5,6)7/h10-12,15-16,27-32,38,43H,13-14,17-24H2,1-9H3,(H,39,45)(H,40,44)/t27?,28?,29-,30-,31+,32+/m0/s1. The topological polar surface area (TPSA) is 111 Å². The first kappa shape index (κ1) is 37.2. The van der Waals surface area contributed by atoms with Gasteiger partial charge in [0.15, 0.2) is 0 Å². The van der Waals surface area contributed by atoms with Crippen molar-refractivity contribution in [1.82, 2.24) is 20.9 Å². The van der Waals surface area contributed by atoms with E-state index in [0.29, 0.717) is 31.3 Å². The van der Waals surface area contributed by atoms with Crippen LogP contribution in [0.15, 0.2) is 30.3 Å². The number of benzene rings is 1. The van der Waals surface area contributed by atoms with E-state index in [9.17, 15) is 19.5 Å². The number of aliphatic hydroxyl groups is 1. The van der Waals surface area contributed by atoms with E-state index < -0.39 is 23.6 Å². The second-order valence-corrected chi connectivity index (χ2v) is 16.9. The highest BCUT2D eigenvalue weighted by molar-refractivity contribution is 5.85. The fourth-order valence-corrected chi connectivity index (χ4v) is 7.29. The first-order valence-electron chi connectivity index (χ1n) is 17.2. The lowest BCUT2D eigenvalue weighted by atomic mass is 9.72. The van der Waals surface area contributed by atoms with E-state index in [-0.39, 0.29) is 41.0 Å². The molecule has 8 heteroatoms. The fourth-order valence-electron chi connectivity index (χ4n) is 7.29. The fraction of sp³-hybridized carbons (Fsp3) is 0.757. The Balaban J connectivity index is 1.88. The van der Waals surface area contributed by atoms with Gasteiger partial charge in [-0.05, 0) is 75.2 Å². The summed E-state index contributed by atoms with van der Waals surface area (Å²) in [6.45, 7) is 19.4. The van der Waals surface area contributed by atoms with Gasteiger partial charge in [-0.1, -0.05) is 84.2 Å². The van der Waals surface area contributed by atoms with Gasteiger partial charge in [0.25, 0.3) is 0 Å². The summed E-state index contributed by atoms with van der Waals surface area (Å²) >= 11 is 0. The number of hydrogen-bond donors (Lipinski definition) is 4. The van der Waals surface area contributed by atoms with Crippen molar-refractivity contribution in [2.24, 2.45) is 22.7 Å². The summed E-state index contributed by atoms with van der Waals surface area (Å²) in [5, 5.41) is 21.8. The number of β-amino-alcohol motifs (C(OH)–C–C–N with tert-alkyl or cyclic N) is 1. The molecule has 1 heterocycles. The van der Waals surface area contributed by atoms with E-state index in [1.54, 1.807) is 6.92 Å². The lowest BCUT2D eigenvalue weighted by Gasteiger charge is -2.47. The van der Waals surface area contributed by atoms with Crippen LogP contribution in [0.4, 0.5) is 0 Å². The molecule has 1 saturated heterocycles. The molecule has 0 radical (unpaired) electrons. The minimum absolute atomic E-state index is 0.0137. The third-order valence-electron chi connectivity index (χ3n) is 9.40. The van der Waals surface area contributed by atoms with Crippen LogP contribution < -0.4 is 16.0 Å². The molecule has 0 spiro atoms. The SMILES string of the molecule is CC(=O)CC(C)(C)[C@H](NCC(C)(C)C)C(=O)N[C@@H](Cc1ccccc1)[C@H](O)CN1CC2CCCCC2C[C@H]1C(=O)NC(C)(C)C. The maximum Gasteiger partial charge on any atom is 0.238 e. The van der Waals surface area contributed by atoms with Crippen LogP contribution in [-0.4, -0.2) is 77.0 Å². The molecule has 1 aliphatic carbocycles. The molecule has 1 aromatic rings. The zero-order valence-electron chi connectivity index (χ0n) is 29.5. The molecule has 6 atom stereocenters. The average Bonchev–Trinajstić information content (AvgIpc) is 2.90. The van der Waals surface area contributed by atoms with E-state index in [0.717, 1.165) is 31.4 Å². The highest BCUT2D eigenvalue weighted by atomic mass is 16.3. The van der Waals surface area contributed by atoms with Crippen molar-refractivity contribution in [3.8, 4) is 0 Å². The highest BCUT2D eigenvalue weighted by Gasteiger charge is 2.43. The van der Waals surface area contributed by atoms with E-state index in [1.165, 1.54) is 12.8 Å². The zero-order chi connectivity index (χ0) is 33.6.